The van der Waals surface area contributed by atoms with Gasteiger partial charge >= 0.3 is 11.9 Å². The van der Waals surface area contributed by atoms with Crippen LogP contribution in [0.4, 0.5) is 0 Å². The van der Waals surface area contributed by atoms with Crippen LogP contribution in [0.25, 0.3) is 11.8 Å². The molecule has 5 heteroatoms. The van der Waals surface area contributed by atoms with Gasteiger partial charge in [0.15, 0.2) is 0 Å². The van der Waals surface area contributed by atoms with Crippen molar-refractivity contribution in [2.75, 3.05) is 0 Å². The monoisotopic (exact) mass is 403 g/mol. The average molecular weight is 403 g/mol. The highest BCUT2D eigenvalue weighted by atomic mass is 16.6. The van der Waals surface area contributed by atoms with Gasteiger partial charge < -0.3 is 14.0 Å². The summed E-state index contributed by atoms with van der Waals surface area (Å²) in [5.41, 5.74) is 4.99. The maximum absolute atomic E-state index is 12.6. The minimum absolute atomic E-state index is 0.159. The molecule has 2 aromatic carbocycles. The third-order valence-electron chi connectivity index (χ3n) is 4.77. The molecule has 0 saturated carbocycles. The van der Waals surface area contributed by atoms with E-state index in [4.69, 9.17) is 9.47 Å². The fraction of sp³-hybridized carbons (Fsp3) is 0.200. The van der Waals surface area contributed by atoms with Crippen molar-refractivity contribution in [3.63, 3.8) is 0 Å². The first-order chi connectivity index (χ1) is 14.4. The Labute approximate surface area is 176 Å². The third-order valence-corrected chi connectivity index (χ3v) is 4.77. The first-order valence-corrected chi connectivity index (χ1v) is 9.84. The number of esters is 2. The van der Waals surface area contributed by atoms with Gasteiger partial charge in [0.05, 0.1) is 0 Å². The molecule has 3 rings (SSSR count). The zero-order valence-corrected chi connectivity index (χ0v) is 17.6. The molecule has 0 amide bonds. The molecule has 0 aliphatic carbocycles. The highest BCUT2D eigenvalue weighted by Crippen LogP contribution is 2.24. The van der Waals surface area contributed by atoms with Gasteiger partial charge in [0.2, 0.25) is 5.76 Å². The minimum Gasteiger partial charge on any atom is -0.421 e. The molecule has 0 aliphatic rings. The summed E-state index contributed by atoms with van der Waals surface area (Å²) in [6.45, 7) is 7.32. The van der Waals surface area contributed by atoms with Crippen LogP contribution >= 0.6 is 0 Å². The Morgan fingerprint density at radius 2 is 1.67 bits per heavy atom. The molecule has 0 aliphatic heterocycles. The van der Waals surface area contributed by atoms with Crippen LogP contribution in [0.5, 0.6) is 5.75 Å². The van der Waals surface area contributed by atoms with Gasteiger partial charge in [0.25, 0.3) is 0 Å². The van der Waals surface area contributed by atoms with Crippen LogP contribution in [0.1, 0.15) is 36.4 Å². The van der Waals surface area contributed by atoms with Gasteiger partial charge in [-0.25, -0.2) is 4.79 Å². The van der Waals surface area contributed by atoms with Crippen LogP contribution in [-0.4, -0.2) is 16.5 Å². The second-order valence-corrected chi connectivity index (χ2v) is 6.99. The Morgan fingerprint density at radius 3 is 2.27 bits per heavy atom. The van der Waals surface area contributed by atoms with Gasteiger partial charge in [-0.2, -0.15) is 0 Å². The fourth-order valence-electron chi connectivity index (χ4n) is 3.28. The van der Waals surface area contributed by atoms with Crippen LogP contribution in [0, 0.1) is 13.8 Å². The van der Waals surface area contributed by atoms with E-state index in [0.29, 0.717) is 5.75 Å². The SMILES string of the molecule is CCc1ccc(-n2c(C)cc(C=C(OC(C)=O)C(=O)Oc3ccccc3)c2C)cc1. The van der Waals surface area contributed by atoms with Gasteiger partial charge in [-0.15, -0.1) is 0 Å². The summed E-state index contributed by atoms with van der Waals surface area (Å²) in [5.74, 6) is -1.10. The smallest absolute Gasteiger partial charge is 0.379 e. The lowest BCUT2D eigenvalue weighted by Gasteiger charge is -2.11. The molecule has 1 aromatic heterocycles. The Hall–Kier alpha value is -3.60. The summed E-state index contributed by atoms with van der Waals surface area (Å²) >= 11 is 0. The van der Waals surface area contributed by atoms with Crippen LogP contribution in [0.15, 0.2) is 66.4 Å². The lowest BCUT2D eigenvalue weighted by atomic mass is 10.1. The molecule has 154 valence electrons. The number of hydrogen-bond donors (Lipinski definition) is 0. The predicted molar refractivity (Wildman–Crippen MR) is 116 cm³/mol. The van der Waals surface area contributed by atoms with Crippen molar-refractivity contribution >= 4 is 18.0 Å². The van der Waals surface area contributed by atoms with Crippen molar-refractivity contribution in [1.29, 1.82) is 0 Å². The Balaban J connectivity index is 1.96. The molecule has 1 heterocycles. The van der Waals surface area contributed by atoms with Crippen molar-refractivity contribution < 1.29 is 19.1 Å². The van der Waals surface area contributed by atoms with Crippen LogP contribution in [-0.2, 0) is 20.7 Å². The van der Waals surface area contributed by atoms with E-state index in [-0.39, 0.29) is 5.76 Å². The average Bonchev–Trinajstić information content (AvgIpc) is 3.01. The van der Waals surface area contributed by atoms with E-state index < -0.39 is 11.9 Å². The van der Waals surface area contributed by atoms with E-state index in [1.165, 1.54) is 12.5 Å². The second kappa shape index (κ2) is 9.27. The van der Waals surface area contributed by atoms with E-state index in [0.717, 1.165) is 29.1 Å². The Bertz CT molecular complexity index is 1080. The predicted octanol–water partition coefficient (Wildman–Crippen LogP) is 5.17. The van der Waals surface area contributed by atoms with E-state index in [2.05, 4.69) is 35.8 Å². The molecule has 0 bridgehead atoms. The number of carbonyl (C=O) groups is 2. The topological polar surface area (TPSA) is 57.5 Å². The molecule has 0 N–H and O–H groups in total. The Kier molecular flexibility index (Phi) is 6.52. The largest absolute Gasteiger partial charge is 0.421 e. The summed E-state index contributed by atoms with van der Waals surface area (Å²) < 4.78 is 12.6. The number of benzene rings is 2. The van der Waals surface area contributed by atoms with E-state index in [1.54, 1.807) is 30.3 Å². The van der Waals surface area contributed by atoms with Crippen LogP contribution in [0.2, 0.25) is 0 Å². The first-order valence-electron chi connectivity index (χ1n) is 9.84. The van der Waals surface area contributed by atoms with Crippen molar-refractivity contribution in [2.45, 2.75) is 34.1 Å². The van der Waals surface area contributed by atoms with Gasteiger partial charge in [-0.1, -0.05) is 37.3 Å². The molecule has 0 unspecified atom stereocenters. The minimum atomic E-state index is -0.728. The van der Waals surface area contributed by atoms with Crippen molar-refractivity contribution in [2.24, 2.45) is 0 Å². The van der Waals surface area contributed by atoms with Gasteiger partial charge in [-0.3, -0.25) is 4.79 Å². The summed E-state index contributed by atoms with van der Waals surface area (Å²) in [4.78, 5) is 24.2. The third kappa shape index (κ3) is 4.87. The van der Waals surface area contributed by atoms with E-state index in [1.807, 2.05) is 26.0 Å². The number of para-hydroxylation sites is 1. The number of ether oxygens (including phenoxy) is 2. The summed E-state index contributed by atoms with van der Waals surface area (Å²) in [5, 5.41) is 0. The number of hydrogen-bond acceptors (Lipinski definition) is 4. The number of nitrogens with zero attached hydrogens (tertiary/aromatic N) is 1. The van der Waals surface area contributed by atoms with E-state index in [9.17, 15) is 9.59 Å². The fourth-order valence-corrected chi connectivity index (χ4v) is 3.28. The molecule has 0 radical (unpaired) electrons. The highest BCUT2D eigenvalue weighted by molar-refractivity contribution is 5.95. The highest BCUT2D eigenvalue weighted by Gasteiger charge is 2.19. The normalized spacial score (nSPS) is 11.3. The van der Waals surface area contributed by atoms with Crippen molar-refractivity contribution in [3.8, 4) is 11.4 Å². The van der Waals surface area contributed by atoms with Crippen molar-refractivity contribution in [3.05, 3.63) is 88.9 Å². The quantitative estimate of drug-likeness (QED) is 0.247. The second-order valence-electron chi connectivity index (χ2n) is 6.99. The molecule has 30 heavy (non-hydrogen) atoms. The zero-order valence-electron chi connectivity index (χ0n) is 17.6. The number of carbonyl (C=O) groups excluding carboxylic acids is 2. The van der Waals surface area contributed by atoms with E-state index >= 15 is 0 Å². The summed E-state index contributed by atoms with van der Waals surface area (Å²) in [7, 11) is 0. The molecule has 0 saturated heterocycles. The molecule has 0 spiro atoms. The number of aromatic nitrogens is 1. The molecule has 5 nitrogen and oxygen atoms in total. The molecule has 0 fully saturated rings. The van der Waals surface area contributed by atoms with Crippen LogP contribution in [0.3, 0.4) is 0 Å². The van der Waals surface area contributed by atoms with Crippen molar-refractivity contribution in [1.82, 2.24) is 4.57 Å². The lowest BCUT2D eigenvalue weighted by molar-refractivity contribution is -0.145. The van der Waals surface area contributed by atoms with Gasteiger partial charge in [0, 0.05) is 24.0 Å². The maximum Gasteiger partial charge on any atom is 0.379 e. The lowest BCUT2D eigenvalue weighted by Crippen LogP contribution is -2.15. The van der Waals surface area contributed by atoms with Crippen LogP contribution < -0.4 is 4.74 Å². The maximum atomic E-state index is 12.6. The molecular weight excluding hydrogens is 378 g/mol. The van der Waals surface area contributed by atoms with Gasteiger partial charge in [-0.05, 0) is 67.8 Å². The summed E-state index contributed by atoms with van der Waals surface area (Å²) in [6, 6.07) is 19.0. The summed E-state index contributed by atoms with van der Waals surface area (Å²) in [6.07, 6.45) is 2.53. The first kappa shape index (κ1) is 21.1. The molecular formula is C25H25NO4. The van der Waals surface area contributed by atoms with Gasteiger partial charge in [0.1, 0.15) is 5.75 Å². The number of rotatable bonds is 6. The number of aryl methyl sites for hydroxylation is 2. The Morgan fingerprint density at radius 1 is 1.00 bits per heavy atom. The molecule has 3 aromatic rings. The standard InChI is InChI=1S/C25H25NO4/c1-5-20-11-13-22(14-12-20)26-17(2)15-21(18(26)3)16-24(29-19(4)27)25(28)30-23-9-7-6-8-10-23/h6-16H,5H2,1-4H3. The zero-order chi connectivity index (χ0) is 21.7. The molecule has 0 atom stereocenters.